The second-order valence-corrected chi connectivity index (χ2v) is 6.53. The largest absolute Gasteiger partial charge is 0.497 e. The summed E-state index contributed by atoms with van der Waals surface area (Å²) in [4.78, 5) is 1.32. The summed E-state index contributed by atoms with van der Waals surface area (Å²) in [5.74, 6) is 7.14. The molecular weight excluding hydrogens is 282 g/mol. The Morgan fingerprint density at radius 1 is 1.24 bits per heavy atom. The molecule has 0 bridgehead atoms. The molecule has 4 nitrogen and oxygen atoms in total. The number of nitrogens with one attached hydrogen (secondary N) is 1. The van der Waals surface area contributed by atoms with Crippen LogP contribution in [-0.2, 0) is 0 Å². The molecule has 1 aromatic carbocycles. The Balaban J connectivity index is 1.61. The number of allylic oxidation sites excluding steroid dienone is 1. The zero-order chi connectivity index (χ0) is 15.1. The molecule has 3 N–H and O–H groups in total. The molecule has 1 unspecified atom stereocenters. The Labute approximate surface area is 131 Å². The molecule has 0 saturated heterocycles. The molecule has 0 spiro atoms. The fourth-order valence-corrected chi connectivity index (χ4v) is 3.16. The van der Waals surface area contributed by atoms with E-state index in [0.29, 0.717) is 5.92 Å². The summed E-state index contributed by atoms with van der Waals surface area (Å²) < 4.78 is 6.74. The number of nitrogens with two attached hydrogens (primary N) is 1. The van der Waals surface area contributed by atoms with Crippen molar-refractivity contribution in [1.29, 1.82) is 0 Å². The van der Waals surface area contributed by atoms with E-state index in [1.54, 1.807) is 23.6 Å². The van der Waals surface area contributed by atoms with Gasteiger partial charge in [0.1, 0.15) is 5.75 Å². The van der Waals surface area contributed by atoms with Gasteiger partial charge in [-0.05, 0) is 54.8 Å². The van der Waals surface area contributed by atoms with E-state index >= 15 is 0 Å². The second kappa shape index (κ2) is 8.32. The lowest BCUT2D eigenvalue weighted by atomic mass is 9.95. The molecule has 1 aromatic rings. The van der Waals surface area contributed by atoms with Gasteiger partial charge >= 0.3 is 0 Å². The molecule has 0 radical (unpaired) electrons. The fourth-order valence-electron chi connectivity index (χ4n) is 2.46. The lowest BCUT2D eigenvalue weighted by Gasteiger charge is -2.12. The van der Waals surface area contributed by atoms with E-state index < -0.39 is 0 Å². The molecule has 0 saturated carbocycles. The topological polar surface area (TPSA) is 50.5 Å². The number of methoxy groups -OCH3 is 1. The first-order chi connectivity index (χ1) is 10.2. The third-order valence-electron chi connectivity index (χ3n) is 3.81. The molecule has 21 heavy (non-hydrogen) atoms. The number of ether oxygens (including phenoxy) is 1. The van der Waals surface area contributed by atoms with Crippen molar-refractivity contribution < 1.29 is 4.74 Å². The highest BCUT2D eigenvalue weighted by molar-refractivity contribution is 8.00. The van der Waals surface area contributed by atoms with Crippen LogP contribution in [0.4, 0.5) is 0 Å². The summed E-state index contributed by atoms with van der Waals surface area (Å²) in [6.07, 6.45) is 8.10. The normalized spacial score (nSPS) is 16.4. The van der Waals surface area contributed by atoms with Gasteiger partial charge in [0.2, 0.25) is 0 Å². The smallest absolute Gasteiger partial charge is 0.118 e. The van der Waals surface area contributed by atoms with Gasteiger partial charge in [-0.15, -0.1) is 0 Å². The van der Waals surface area contributed by atoms with Gasteiger partial charge in [0.15, 0.2) is 0 Å². The molecule has 0 fully saturated rings. The zero-order valence-corrected chi connectivity index (χ0v) is 13.7. The predicted molar refractivity (Wildman–Crippen MR) is 89.3 cm³/mol. The molecule has 1 heterocycles. The van der Waals surface area contributed by atoms with Crippen LogP contribution >= 0.6 is 11.9 Å². The highest BCUT2D eigenvalue weighted by Crippen LogP contribution is 2.28. The quantitative estimate of drug-likeness (QED) is 0.433. The van der Waals surface area contributed by atoms with Crippen molar-refractivity contribution in [2.75, 3.05) is 7.11 Å². The number of benzene rings is 1. The van der Waals surface area contributed by atoms with Gasteiger partial charge in [-0.3, -0.25) is 0 Å². The molecule has 116 valence electrons. The van der Waals surface area contributed by atoms with Crippen LogP contribution in [0.15, 0.2) is 35.4 Å². The Kier molecular flexibility index (Phi) is 6.42. The van der Waals surface area contributed by atoms with Crippen LogP contribution in [0.25, 0.3) is 0 Å². The van der Waals surface area contributed by atoms with Crippen molar-refractivity contribution in [3.05, 3.63) is 40.9 Å². The van der Waals surface area contributed by atoms with Gasteiger partial charge in [-0.25, -0.2) is 5.84 Å². The van der Waals surface area contributed by atoms with Crippen molar-refractivity contribution >= 4 is 11.9 Å². The summed E-state index contributed by atoms with van der Waals surface area (Å²) in [6.45, 7) is 2.30. The highest BCUT2D eigenvalue weighted by Gasteiger charge is 2.10. The van der Waals surface area contributed by atoms with E-state index in [4.69, 9.17) is 10.6 Å². The van der Waals surface area contributed by atoms with Crippen molar-refractivity contribution in [2.24, 2.45) is 5.84 Å². The van der Waals surface area contributed by atoms with Crippen LogP contribution in [0, 0.1) is 0 Å². The van der Waals surface area contributed by atoms with Gasteiger partial charge < -0.3 is 10.2 Å². The molecule has 1 aliphatic rings. The lowest BCUT2D eigenvalue weighted by Crippen LogP contribution is -2.30. The average Bonchev–Trinajstić information content (AvgIpc) is 2.92. The molecular formula is C16H25N3OS. The first kappa shape index (κ1) is 16.2. The van der Waals surface area contributed by atoms with Gasteiger partial charge in [0.25, 0.3) is 0 Å². The lowest BCUT2D eigenvalue weighted by molar-refractivity contribution is 0.414. The number of hydrazine groups is 2. The maximum Gasteiger partial charge on any atom is 0.118 e. The minimum atomic E-state index is 0.608. The van der Waals surface area contributed by atoms with E-state index in [-0.39, 0.29) is 0 Å². The van der Waals surface area contributed by atoms with E-state index in [9.17, 15) is 0 Å². The Hall–Kier alpha value is -1.17. The molecule has 1 aliphatic heterocycles. The molecule has 0 amide bonds. The van der Waals surface area contributed by atoms with Crippen molar-refractivity contribution in [2.45, 2.75) is 44.9 Å². The Morgan fingerprint density at radius 3 is 2.62 bits per heavy atom. The predicted octanol–water partition coefficient (Wildman–Crippen LogP) is 3.93. The molecule has 1 atom stereocenters. The molecule has 0 aliphatic carbocycles. The number of hydrogen-bond acceptors (Lipinski definition) is 5. The second-order valence-electron chi connectivity index (χ2n) is 5.43. The Bertz CT molecular complexity index is 461. The van der Waals surface area contributed by atoms with Crippen molar-refractivity contribution in [1.82, 2.24) is 9.95 Å². The van der Waals surface area contributed by atoms with Crippen LogP contribution in [-0.4, -0.2) is 11.6 Å². The van der Waals surface area contributed by atoms with Crippen LogP contribution in [0.2, 0.25) is 0 Å². The summed E-state index contributed by atoms with van der Waals surface area (Å²) in [6, 6.07) is 8.43. The number of rotatable bonds is 8. The number of unbranched alkanes of at least 4 members (excludes halogenated alkanes) is 2. The summed E-state index contributed by atoms with van der Waals surface area (Å²) >= 11 is 1.58. The number of hydrogen-bond donors (Lipinski definition) is 2. The molecule has 0 aromatic heterocycles. The third-order valence-corrected chi connectivity index (χ3v) is 4.67. The van der Waals surface area contributed by atoms with E-state index in [0.717, 1.165) is 12.2 Å². The summed E-state index contributed by atoms with van der Waals surface area (Å²) in [7, 11) is 1.70. The molecule has 5 heteroatoms. The van der Waals surface area contributed by atoms with Gasteiger partial charge in [-0.2, -0.15) is 0 Å². The fraction of sp³-hybridized carbons (Fsp3) is 0.500. The van der Waals surface area contributed by atoms with Crippen LogP contribution in [0.1, 0.15) is 50.5 Å². The Morgan fingerprint density at radius 2 is 2.00 bits per heavy atom. The average molecular weight is 307 g/mol. The first-order valence-corrected chi connectivity index (χ1v) is 8.28. The standard InChI is InChI=1S/C16H25N3OS/c1-13(14-8-10-15(20-2)11-9-14)6-4-3-5-7-16-12-18-19(17)21-16/h8-13,18H,3-7,17H2,1-2H3. The highest BCUT2D eigenvalue weighted by atomic mass is 32.2. The first-order valence-electron chi connectivity index (χ1n) is 7.51. The van der Waals surface area contributed by atoms with Gasteiger partial charge in [0, 0.05) is 11.1 Å². The van der Waals surface area contributed by atoms with Crippen LogP contribution in [0.3, 0.4) is 0 Å². The third kappa shape index (κ3) is 5.26. The van der Waals surface area contributed by atoms with Gasteiger partial charge in [-0.1, -0.05) is 36.4 Å². The minimum absolute atomic E-state index is 0.608. The maximum atomic E-state index is 5.60. The van der Waals surface area contributed by atoms with Crippen LogP contribution < -0.4 is 16.0 Å². The minimum Gasteiger partial charge on any atom is -0.497 e. The molecule has 2 rings (SSSR count). The van der Waals surface area contributed by atoms with Gasteiger partial charge in [0.05, 0.1) is 7.11 Å². The van der Waals surface area contributed by atoms with Crippen molar-refractivity contribution in [3.63, 3.8) is 0 Å². The van der Waals surface area contributed by atoms with Crippen LogP contribution in [0.5, 0.6) is 5.75 Å². The summed E-state index contributed by atoms with van der Waals surface area (Å²) in [5, 5.41) is 0. The monoisotopic (exact) mass is 307 g/mol. The van der Waals surface area contributed by atoms with E-state index in [1.807, 2.05) is 18.3 Å². The van der Waals surface area contributed by atoms with Crippen molar-refractivity contribution in [3.8, 4) is 5.75 Å². The van der Waals surface area contributed by atoms with E-state index in [2.05, 4.69) is 24.5 Å². The summed E-state index contributed by atoms with van der Waals surface area (Å²) in [5.41, 5.74) is 4.36. The maximum absolute atomic E-state index is 5.60. The number of nitrogens with zero attached hydrogens (tertiary/aromatic N) is 1. The SMILES string of the molecule is COc1ccc(C(C)CCCCCC2=CNN(N)S2)cc1. The van der Waals surface area contributed by atoms with E-state index in [1.165, 1.54) is 36.2 Å². The zero-order valence-electron chi connectivity index (χ0n) is 12.8.